The van der Waals surface area contributed by atoms with Crippen LogP contribution in [0.15, 0.2) is 42.5 Å². The second-order valence-electron chi connectivity index (χ2n) is 4.04. The van der Waals surface area contributed by atoms with Gasteiger partial charge in [0, 0.05) is 6.07 Å². The summed E-state index contributed by atoms with van der Waals surface area (Å²) in [6.07, 6.45) is 1.09. The lowest BCUT2D eigenvalue weighted by molar-refractivity contribution is -0.539. The van der Waals surface area contributed by atoms with Crippen molar-refractivity contribution in [3.05, 3.63) is 53.6 Å². The maximum absolute atomic E-state index is 2.30. The molecule has 0 heterocycles. The minimum Gasteiger partial charge on any atom is -1.00 e. The van der Waals surface area contributed by atoms with Crippen LogP contribution >= 0.6 is 0 Å². The highest BCUT2D eigenvalue weighted by molar-refractivity contribution is 5.77. The van der Waals surface area contributed by atoms with Gasteiger partial charge in [0.1, 0.15) is 5.69 Å². The Bertz CT molecular complexity index is 520. The first-order valence-electron chi connectivity index (χ1n) is 5.39. The number of nitrogens with two attached hydrogens (primary N) is 1. The molecular weight excluding hydrogens is 218 g/mol. The second kappa shape index (κ2) is 4.28. The highest BCUT2D eigenvalue weighted by Crippen LogP contribution is 2.36. The lowest BCUT2D eigenvalue weighted by Gasteiger charge is -2.01. The van der Waals surface area contributed by atoms with E-state index in [0.29, 0.717) is 0 Å². The molecule has 0 bridgehead atoms. The van der Waals surface area contributed by atoms with E-state index in [1.807, 2.05) is 0 Å². The average molecular weight is 232 g/mol. The van der Waals surface area contributed by atoms with Crippen LogP contribution in [0.4, 0.5) is 5.69 Å². The van der Waals surface area contributed by atoms with Crippen LogP contribution in [0, 0.1) is 0 Å². The molecule has 0 aliphatic heterocycles. The van der Waals surface area contributed by atoms with Crippen LogP contribution in [0.1, 0.15) is 11.1 Å². The predicted molar refractivity (Wildman–Crippen MR) is 62.2 cm³/mol. The van der Waals surface area contributed by atoms with Crippen molar-refractivity contribution in [2.75, 3.05) is 7.05 Å². The van der Waals surface area contributed by atoms with Gasteiger partial charge >= 0.3 is 0 Å². The van der Waals surface area contributed by atoms with Crippen molar-refractivity contribution in [3.63, 3.8) is 0 Å². The summed E-state index contributed by atoms with van der Waals surface area (Å²) in [5.74, 6) is 0. The molecule has 0 radical (unpaired) electrons. The summed E-state index contributed by atoms with van der Waals surface area (Å²) in [7, 11) is 2.09. The number of fused-ring (bicyclic) bond motifs is 3. The fourth-order valence-electron chi connectivity index (χ4n) is 2.34. The van der Waals surface area contributed by atoms with Crippen LogP contribution in [0.2, 0.25) is 0 Å². The predicted octanol–water partition coefficient (Wildman–Crippen LogP) is -0.913. The molecule has 1 aliphatic carbocycles. The van der Waals surface area contributed by atoms with Crippen LogP contribution in [-0.4, -0.2) is 7.05 Å². The van der Waals surface area contributed by atoms with Gasteiger partial charge in [-0.1, -0.05) is 24.3 Å². The van der Waals surface area contributed by atoms with Crippen molar-refractivity contribution >= 4 is 5.69 Å². The van der Waals surface area contributed by atoms with Crippen molar-refractivity contribution in [1.29, 1.82) is 0 Å². The van der Waals surface area contributed by atoms with Gasteiger partial charge in [-0.25, -0.2) is 0 Å². The van der Waals surface area contributed by atoms with Gasteiger partial charge in [-0.15, -0.1) is 0 Å². The highest BCUT2D eigenvalue weighted by atomic mass is 35.5. The summed E-state index contributed by atoms with van der Waals surface area (Å²) in [5.41, 5.74) is 7.07. The third-order valence-corrected chi connectivity index (χ3v) is 3.15. The smallest absolute Gasteiger partial charge is 0.129 e. The third kappa shape index (κ3) is 1.62. The van der Waals surface area contributed by atoms with Crippen molar-refractivity contribution in [3.8, 4) is 11.1 Å². The van der Waals surface area contributed by atoms with Crippen molar-refractivity contribution in [2.24, 2.45) is 0 Å². The number of halogens is 1. The number of hydrogen-bond acceptors (Lipinski definition) is 0. The molecule has 0 unspecified atom stereocenters. The first-order chi connectivity index (χ1) is 7.38. The van der Waals surface area contributed by atoms with Crippen LogP contribution in [-0.2, 0) is 6.42 Å². The summed E-state index contributed by atoms with van der Waals surface area (Å²) in [6, 6.07) is 15.4. The number of rotatable bonds is 1. The molecule has 0 atom stereocenters. The van der Waals surface area contributed by atoms with E-state index in [2.05, 4.69) is 54.8 Å². The van der Waals surface area contributed by atoms with Gasteiger partial charge in [0.2, 0.25) is 0 Å². The minimum absolute atomic E-state index is 0. The molecule has 2 aromatic carbocycles. The van der Waals surface area contributed by atoms with Crippen LogP contribution in [0.25, 0.3) is 11.1 Å². The van der Waals surface area contributed by atoms with Gasteiger partial charge in [0.15, 0.2) is 0 Å². The number of hydrogen-bond donors (Lipinski definition) is 1. The Hall–Kier alpha value is -1.31. The Labute approximate surface area is 102 Å². The standard InChI is InChI=1S/C14H13N.ClH/c1-15-12-6-7-14-11(9-12)8-10-4-2-3-5-13(10)14;/h2-7,9,15H,8H2,1H3;1H. The molecule has 0 spiro atoms. The Morgan fingerprint density at radius 2 is 1.69 bits per heavy atom. The topological polar surface area (TPSA) is 16.6 Å². The molecule has 2 aromatic rings. The lowest BCUT2D eigenvalue weighted by atomic mass is 10.1. The number of quaternary nitrogens is 1. The Balaban J connectivity index is 0.000000963. The maximum atomic E-state index is 2.30. The third-order valence-electron chi connectivity index (χ3n) is 3.15. The molecule has 0 fully saturated rings. The Kier molecular flexibility index (Phi) is 2.99. The fraction of sp³-hybridized carbons (Fsp3) is 0.143. The molecule has 1 nitrogen and oxygen atoms in total. The fourth-order valence-corrected chi connectivity index (χ4v) is 2.34. The highest BCUT2D eigenvalue weighted by Gasteiger charge is 2.17. The summed E-state index contributed by atoms with van der Waals surface area (Å²) in [6.45, 7) is 0. The molecule has 1 aliphatic rings. The van der Waals surface area contributed by atoms with E-state index in [-0.39, 0.29) is 12.4 Å². The average Bonchev–Trinajstić information content (AvgIpc) is 2.66. The van der Waals surface area contributed by atoms with E-state index >= 15 is 0 Å². The van der Waals surface area contributed by atoms with Gasteiger partial charge in [0.05, 0.1) is 7.05 Å². The second-order valence-corrected chi connectivity index (χ2v) is 4.04. The molecule has 2 N–H and O–H groups in total. The van der Waals surface area contributed by atoms with E-state index in [4.69, 9.17) is 0 Å². The van der Waals surface area contributed by atoms with Gasteiger partial charge < -0.3 is 17.7 Å². The molecule has 0 amide bonds. The van der Waals surface area contributed by atoms with Gasteiger partial charge in [-0.3, -0.25) is 0 Å². The van der Waals surface area contributed by atoms with Crippen LogP contribution in [0.5, 0.6) is 0 Å². The summed E-state index contributed by atoms with van der Waals surface area (Å²) < 4.78 is 0. The Morgan fingerprint density at radius 1 is 0.938 bits per heavy atom. The van der Waals surface area contributed by atoms with Gasteiger partial charge in [-0.05, 0) is 40.8 Å². The molecule has 0 saturated carbocycles. The molecule has 3 rings (SSSR count). The zero-order valence-corrected chi connectivity index (χ0v) is 9.96. The van der Waals surface area contributed by atoms with E-state index in [9.17, 15) is 0 Å². The van der Waals surface area contributed by atoms with Crippen LogP contribution in [0.3, 0.4) is 0 Å². The maximum Gasteiger partial charge on any atom is 0.129 e. The molecule has 0 aromatic heterocycles. The van der Waals surface area contributed by atoms with E-state index in [1.165, 1.54) is 27.9 Å². The van der Waals surface area contributed by atoms with Crippen molar-refractivity contribution in [1.82, 2.24) is 0 Å². The van der Waals surface area contributed by atoms with E-state index in [0.717, 1.165) is 6.42 Å². The normalized spacial score (nSPS) is 11.6. The van der Waals surface area contributed by atoms with Crippen molar-refractivity contribution in [2.45, 2.75) is 6.42 Å². The first kappa shape index (κ1) is 11.2. The summed E-state index contributed by atoms with van der Waals surface area (Å²) in [5, 5.41) is 2.16. The van der Waals surface area contributed by atoms with E-state index in [1.54, 1.807) is 0 Å². The minimum atomic E-state index is 0. The summed E-state index contributed by atoms with van der Waals surface area (Å²) in [4.78, 5) is 0. The van der Waals surface area contributed by atoms with Gasteiger partial charge in [-0.2, -0.15) is 0 Å². The SMILES string of the molecule is C[NH2+]c1ccc2c(c1)Cc1ccccc1-2.[Cl-]. The first-order valence-corrected chi connectivity index (χ1v) is 5.39. The van der Waals surface area contributed by atoms with Crippen molar-refractivity contribution < 1.29 is 17.7 Å². The molecule has 16 heavy (non-hydrogen) atoms. The molecular formula is C14H14ClN. The summed E-state index contributed by atoms with van der Waals surface area (Å²) >= 11 is 0. The largest absolute Gasteiger partial charge is 1.00 e. The molecule has 0 saturated heterocycles. The monoisotopic (exact) mass is 231 g/mol. The van der Waals surface area contributed by atoms with Crippen LogP contribution < -0.4 is 17.7 Å². The van der Waals surface area contributed by atoms with Gasteiger partial charge in [0.25, 0.3) is 0 Å². The van der Waals surface area contributed by atoms with E-state index < -0.39 is 0 Å². The Morgan fingerprint density at radius 3 is 2.50 bits per heavy atom. The molecule has 2 heteroatoms. The zero-order chi connectivity index (χ0) is 10.3. The lowest BCUT2D eigenvalue weighted by Crippen LogP contribution is -3.00. The zero-order valence-electron chi connectivity index (χ0n) is 9.20. The number of benzene rings is 2. The molecule has 82 valence electrons. The quantitative estimate of drug-likeness (QED) is 0.522.